The van der Waals surface area contributed by atoms with E-state index in [1.807, 2.05) is 36.0 Å². The van der Waals surface area contributed by atoms with Crippen molar-refractivity contribution in [1.82, 2.24) is 9.78 Å². The summed E-state index contributed by atoms with van der Waals surface area (Å²) >= 11 is 0. The van der Waals surface area contributed by atoms with Crippen molar-refractivity contribution < 1.29 is 0 Å². The molecule has 0 unspecified atom stereocenters. The summed E-state index contributed by atoms with van der Waals surface area (Å²) in [5, 5.41) is 7.54. The average Bonchev–Trinajstić information content (AvgIpc) is 2.72. The Morgan fingerprint density at radius 1 is 1.22 bits per heavy atom. The Hall–Kier alpha value is -1.57. The van der Waals surface area contributed by atoms with Gasteiger partial charge in [0, 0.05) is 25.0 Å². The molecule has 0 saturated carbocycles. The number of hydrogen-bond acceptors (Lipinski definition) is 2. The maximum Gasteiger partial charge on any atom is 0.193 e. The largest absolute Gasteiger partial charge is 0.370 e. The van der Waals surface area contributed by atoms with Crippen LogP contribution >= 0.6 is 24.0 Å². The molecule has 0 atom stereocenters. The Bertz CT molecular complexity index is 658. The van der Waals surface area contributed by atoms with Crippen LogP contribution in [-0.4, -0.2) is 22.3 Å². The second-order valence-electron chi connectivity index (χ2n) is 5.63. The lowest BCUT2D eigenvalue weighted by molar-refractivity contribution is 0.728. The second-order valence-corrected chi connectivity index (χ2v) is 5.63. The first-order valence-corrected chi connectivity index (χ1v) is 7.60. The number of anilines is 1. The van der Waals surface area contributed by atoms with E-state index in [0.717, 1.165) is 24.2 Å². The third kappa shape index (κ3) is 5.53. The molecule has 0 amide bonds. The maximum absolute atomic E-state index is 5.91. The number of aromatic nitrogens is 2. The van der Waals surface area contributed by atoms with Crippen LogP contribution in [0.2, 0.25) is 0 Å². The first-order chi connectivity index (χ1) is 10.5. The molecule has 1 aromatic carbocycles. The summed E-state index contributed by atoms with van der Waals surface area (Å²) in [5.41, 5.74) is 11.8. The van der Waals surface area contributed by atoms with Crippen LogP contribution in [-0.2, 0) is 13.5 Å². The van der Waals surface area contributed by atoms with Gasteiger partial charge in [0.05, 0.1) is 5.69 Å². The predicted octanol–water partition coefficient (Wildman–Crippen LogP) is 3.32. The highest BCUT2D eigenvalue weighted by Crippen LogP contribution is 2.14. The molecule has 5 nitrogen and oxygen atoms in total. The Morgan fingerprint density at radius 2 is 1.87 bits per heavy atom. The molecule has 0 spiro atoms. The van der Waals surface area contributed by atoms with Crippen molar-refractivity contribution in [1.29, 1.82) is 0 Å². The van der Waals surface area contributed by atoms with Crippen molar-refractivity contribution >= 4 is 35.6 Å². The van der Waals surface area contributed by atoms with Gasteiger partial charge >= 0.3 is 0 Å². The van der Waals surface area contributed by atoms with Crippen LogP contribution in [0.25, 0.3) is 0 Å². The van der Waals surface area contributed by atoms with Crippen molar-refractivity contribution in [2.75, 3.05) is 11.9 Å². The number of benzene rings is 1. The zero-order valence-electron chi connectivity index (χ0n) is 14.3. The molecule has 0 saturated heterocycles. The lowest BCUT2D eigenvalue weighted by Gasteiger charge is -2.06. The van der Waals surface area contributed by atoms with Gasteiger partial charge in [-0.3, -0.25) is 9.67 Å². The normalized spacial score (nSPS) is 11.2. The van der Waals surface area contributed by atoms with Gasteiger partial charge in [0.2, 0.25) is 0 Å². The Balaban J connectivity index is 0.00000264. The van der Waals surface area contributed by atoms with Crippen LogP contribution < -0.4 is 11.1 Å². The number of hydrogen-bond donors (Lipinski definition) is 2. The highest BCUT2D eigenvalue weighted by Gasteiger charge is 2.08. The predicted molar refractivity (Wildman–Crippen MR) is 108 cm³/mol. The number of nitrogens with two attached hydrogens (primary N) is 1. The summed E-state index contributed by atoms with van der Waals surface area (Å²) in [7, 11) is 1.98. The molecule has 2 aromatic rings. The SMILES string of the molecule is Cc1ccc(NC(N)=NCCCc2c(C)nn(C)c2C)cc1.I. The van der Waals surface area contributed by atoms with Crippen LogP contribution in [0, 0.1) is 20.8 Å². The van der Waals surface area contributed by atoms with Gasteiger partial charge in [0.1, 0.15) is 0 Å². The smallest absolute Gasteiger partial charge is 0.193 e. The van der Waals surface area contributed by atoms with Gasteiger partial charge in [-0.2, -0.15) is 5.10 Å². The van der Waals surface area contributed by atoms with Gasteiger partial charge < -0.3 is 11.1 Å². The molecule has 0 bridgehead atoms. The minimum absolute atomic E-state index is 0. The molecule has 0 aliphatic carbocycles. The van der Waals surface area contributed by atoms with Crippen LogP contribution in [0.5, 0.6) is 0 Å². The molecule has 126 valence electrons. The van der Waals surface area contributed by atoms with Crippen LogP contribution in [0.3, 0.4) is 0 Å². The van der Waals surface area contributed by atoms with E-state index in [0.29, 0.717) is 12.5 Å². The fourth-order valence-corrected chi connectivity index (χ4v) is 2.46. The number of aliphatic imine (C=N–C) groups is 1. The number of nitrogens with one attached hydrogen (secondary N) is 1. The third-order valence-corrected chi connectivity index (χ3v) is 3.85. The van der Waals surface area contributed by atoms with Gasteiger partial charge in [0.25, 0.3) is 0 Å². The molecule has 3 N–H and O–H groups in total. The third-order valence-electron chi connectivity index (χ3n) is 3.85. The van der Waals surface area contributed by atoms with Crippen LogP contribution in [0.4, 0.5) is 5.69 Å². The van der Waals surface area contributed by atoms with E-state index in [1.165, 1.54) is 16.8 Å². The topological polar surface area (TPSA) is 68.2 Å². The Labute approximate surface area is 155 Å². The Kier molecular flexibility index (Phi) is 7.54. The van der Waals surface area contributed by atoms with E-state index in [4.69, 9.17) is 5.73 Å². The van der Waals surface area contributed by atoms with Crippen molar-refractivity contribution in [3.63, 3.8) is 0 Å². The number of halogens is 1. The molecule has 0 fully saturated rings. The molecule has 0 aliphatic heterocycles. The van der Waals surface area contributed by atoms with Gasteiger partial charge in [-0.05, 0) is 51.3 Å². The monoisotopic (exact) mass is 427 g/mol. The highest BCUT2D eigenvalue weighted by molar-refractivity contribution is 14.0. The number of aryl methyl sites for hydroxylation is 3. The first kappa shape index (κ1) is 19.5. The summed E-state index contributed by atoms with van der Waals surface area (Å²) in [5.74, 6) is 0.462. The quantitative estimate of drug-likeness (QED) is 0.333. The molecule has 2 rings (SSSR count). The lowest BCUT2D eigenvalue weighted by Crippen LogP contribution is -2.22. The summed E-state index contributed by atoms with van der Waals surface area (Å²) in [6.07, 6.45) is 1.94. The maximum atomic E-state index is 5.91. The molecule has 1 aromatic heterocycles. The van der Waals surface area contributed by atoms with E-state index in [9.17, 15) is 0 Å². The van der Waals surface area contributed by atoms with Crippen molar-refractivity contribution in [3.8, 4) is 0 Å². The lowest BCUT2D eigenvalue weighted by atomic mass is 10.1. The summed E-state index contributed by atoms with van der Waals surface area (Å²) < 4.78 is 1.93. The summed E-state index contributed by atoms with van der Waals surface area (Å²) in [4.78, 5) is 4.38. The second kappa shape index (κ2) is 8.90. The molecule has 1 heterocycles. The summed E-state index contributed by atoms with van der Waals surface area (Å²) in [6, 6.07) is 8.09. The van der Waals surface area contributed by atoms with Gasteiger partial charge in [-0.1, -0.05) is 17.7 Å². The number of nitrogens with zero attached hydrogens (tertiary/aromatic N) is 3. The molecule has 0 aliphatic rings. The fraction of sp³-hybridized carbons (Fsp3) is 0.412. The van der Waals surface area contributed by atoms with Crippen molar-refractivity contribution in [3.05, 3.63) is 46.8 Å². The van der Waals surface area contributed by atoms with Gasteiger partial charge in [-0.15, -0.1) is 24.0 Å². The minimum Gasteiger partial charge on any atom is -0.370 e. The molecule has 0 radical (unpaired) electrons. The minimum atomic E-state index is 0. The highest BCUT2D eigenvalue weighted by atomic mass is 127. The molecule has 6 heteroatoms. The van der Waals surface area contributed by atoms with Gasteiger partial charge in [-0.25, -0.2) is 0 Å². The molecular weight excluding hydrogens is 401 g/mol. The molecular formula is C17H26IN5. The zero-order chi connectivity index (χ0) is 16.1. The van der Waals surface area contributed by atoms with Crippen LogP contribution in [0.15, 0.2) is 29.3 Å². The van der Waals surface area contributed by atoms with Crippen molar-refractivity contribution in [2.24, 2.45) is 17.8 Å². The standard InChI is InChI=1S/C17H25N5.HI/c1-12-7-9-15(10-8-12)20-17(18)19-11-5-6-16-13(2)21-22(4)14(16)3;/h7-10H,5-6,11H2,1-4H3,(H3,18,19,20);1H. The fourth-order valence-electron chi connectivity index (χ4n) is 2.46. The van der Waals surface area contributed by atoms with Crippen LogP contribution in [0.1, 0.15) is 28.9 Å². The van der Waals surface area contributed by atoms with E-state index in [1.54, 1.807) is 0 Å². The van der Waals surface area contributed by atoms with E-state index >= 15 is 0 Å². The van der Waals surface area contributed by atoms with Crippen molar-refractivity contribution in [2.45, 2.75) is 33.6 Å². The number of rotatable bonds is 5. The average molecular weight is 427 g/mol. The Morgan fingerprint density at radius 3 is 2.43 bits per heavy atom. The van der Waals surface area contributed by atoms with E-state index in [2.05, 4.69) is 36.2 Å². The van der Waals surface area contributed by atoms with Gasteiger partial charge in [0.15, 0.2) is 5.96 Å². The first-order valence-electron chi connectivity index (χ1n) is 7.60. The number of guanidine groups is 1. The van der Waals surface area contributed by atoms with E-state index in [-0.39, 0.29) is 24.0 Å². The molecule has 23 heavy (non-hydrogen) atoms. The van der Waals surface area contributed by atoms with E-state index < -0.39 is 0 Å². The summed E-state index contributed by atoms with van der Waals surface area (Å²) in [6.45, 7) is 6.92. The zero-order valence-corrected chi connectivity index (χ0v) is 16.6.